The fraction of sp³-hybridized carbons (Fsp3) is 1.00. The highest BCUT2D eigenvalue weighted by atomic mass is 16.5. The summed E-state index contributed by atoms with van der Waals surface area (Å²) in [7, 11) is 3.56. The van der Waals surface area contributed by atoms with Crippen LogP contribution in [0.2, 0.25) is 0 Å². The predicted octanol–water partition coefficient (Wildman–Crippen LogP) is 2.76. The molecule has 4 unspecified atom stereocenters. The van der Waals surface area contributed by atoms with Gasteiger partial charge in [-0.2, -0.15) is 0 Å². The second-order valence-corrected chi connectivity index (χ2v) is 6.00. The van der Waals surface area contributed by atoms with Gasteiger partial charge in [0.2, 0.25) is 0 Å². The maximum atomic E-state index is 10.3. The summed E-state index contributed by atoms with van der Waals surface area (Å²) in [4.78, 5) is 0. The SMILES string of the molecule is COC1CCC(C(OC)C2CCCCC2)C(O)C1. The summed E-state index contributed by atoms with van der Waals surface area (Å²) in [5.74, 6) is 0.965. The lowest BCUT2D eigenvalue weighted by molar-refractivity contribution is -0.0937. The molecule has 2 aliphatic rings. The zero-order valence-electron chi connectivity index (χ0n) is 11.8. The van der Waals surface area contributed by atoms with Crippen LogP contribution < -0.4 is 0 Å². The first-order chi connectivity index (χ1) is 8.76. The van der Waals surface area contributed by atoms with Crippen LogP contribution in [0.25, 0.3) is 0 Å². The molecule has 106 valence electrons. The van der Waals surface area contributed by atoms with Gasteiger partial charge < -0.3 is 14.6 Å². The number of methoxy groups -OCH3 is 2. The van der Waals surface area contributed by atoms with Gasteiger partial charge in [0.25, 0.3) is 0 Å². The van der Waals surface area contributed by atoms with Crippen molar-refractivity contribution in [2.75, 3.05) is 14.2 Å². The van der Waals surface area contributed by atoms with E-state index in [1.807, 2.05) is 7.11 Å². The Morgan fingerprint density at radius 1 is 1.00 bits per heavy atom. The minimum absolute atomic E-state index is 0.236. The minimum atomic E-state index is -0.254. The van der Waals surface area contributed by atoms with Gasteiger partial charge in [0.15, 0.2) is 0 Å². The minimum Gasteiger partial charge on any atom is -0.393 e. The highest BCUT2D eigenvalue weighted by molar-refractivity contribution is 4.89. The molecular formula is C15H28O3. The van der Waals surface area contributed by atoms with Crippen molar-refractivity contribution in [3.63, 3.8) is 0 Å². The van der Waals surface area contributed by atoms with E-state index in [-0.39, 0.29) is 18.3 Å². The molecule has 1 N–H and O–H groups in total. The molecule has 0 bridgehead atoms. The van der Waals surface area contributed by atoms with Crippen molar-refractivity contribution >= 4 is 0 Å². The summed E-state index contributed by atoms with van der Waals surface area (Å²) in [6.45, 7) is 0. The Morgan fingerprint density at radius 3 is 2.28 bits per heavy atom. The molecule has 0 amide bonds. The third kappa shape index (κ3) is 3.25. The van der Waals surface area contributed by atoms with Crippen molar-refractivity contribution in [2.45, 2.75) is 69.7 Å². The topological polar surface area (TPSA) is 38.7 Å². The van der Waals surface area contributed by atoms with Gasteiger partial charge in [0.05, 0.1) is 18.3 Å². The fourth-order valence-electron chi connectivity index (χ4n) is 3.91. The predicted molar refractivity (Wildman–Crippen MR) is 71.5 cm³/mol. The number of rotatable bonds is 4. The van der Waals surface area contributed by atoms with Crippen LogP contribution in [0.4, 0.5) is 0 Å². The van der Waals surface area contributed by atoms with Gasteiger partial charge in [-0.15, -0.1) is 0 Å². The van der Waals surface area contributed by atoms with Gasteiger partial charge in [-0.05, 0) is 38.0 Å². The first-order valence-electron chi connectivity index (χ1n) is 7.50. The van der Waals surface area contributed by atoms with E-state index in [2.05, 4.69) is 0 Å². The van der Waals surface area contributed by atoms with Crippen LogP contribution in [0.5, 0.6) is 0 Å². The van der Waals surface area contributed by atoms with Crippen molar-refractivity contribution < 1.29 is 14.6 Å². The number of hydrogen-bond acceptors (Lipinski definition) is 3. The van der Waals surface area contributed by atoms with Gasteiger partial charge in [-0.3, -0.25) is 0 Å². The highest BCUT2D eigenvalue weighted by Crippen LogP contribution is 2.37. The molecule has 0 heterocycles. The maximum absolute atomic E-state index is 10.3. The average molecular weight is 256 g/mol. The van der Waals surface area contributed by atoms with Crippen LogP contribution in [0.3, 0.4) is 0 Å². The largest absolute Gasteiger partial charge is 0.393 e. The van der Waals surface area contributed by atoms with E-state index in [4.69, 9.17) is 9.47 Å². The van der Waals surface area contributed by atoms with E-state index < -0.39 is 0 Å². The highest BCUT2D eigenvalue weighted by Gasteiger charge is 2.38. The quantitative estimate of drug-likeness (QED) is 0.840. The van der Waals surface area contributed by atoms with Crippen molar-refractivity contribution in [3.05, 3.63) is 0 Å². The summed E-state index contributed by atoms with van der Waals surface area (Å²) >= 11 is 0. The van der Waals surface area contributed by atoms with Crippen LogP contribution in [0.15, 0.2) is 0 Å². The Bertz CT molecular complexity index is 238. The Morgan fingerprint density at radius 2 is 1.72 bits per heavy atom. The third-order valence-corrected chi connectivity index (χ3v) is 4.96. The van der Waals surface area contributed by atoms with Gasteiger partial charge in [-0.1, -0.05) is 19.3 Å². The van der Waals surface area contributed by atoms with Gasteiger partial charge in [0.1, 0.15) is 0 Å². The van der Waals surface area contributed by atoms with Crippen molar-refractivity contribution in [1.82, 2.24) is 0 Å². The molecule has 0 saturated heterocycles. The zero-order valence-corrected chi connectivity index (χ0v) is 11.8. The average Bonchev–Trinajstić information content (AvgIpc) is 2.42. The third-order valence-electron chi connectivity index (χ3n) is 4.96. The van der Waals surface area contributed by atoms with E-state index in [0.29, 0.717) is 11.8 Å². The molecule has 4 atom stereocenters. The Hall–Kier alpha value is -0.120. The molecule has 2 aliphatic carbocycles. The molecule has 0 aromatic rings. The van der Waals surface area contributed by atoms with E-state index in [0.717, 1.165) is 19.3 Å². The molecule has 18 heavy (non-hydrogen) atoms. The summed E-state index contributed by atoms with van der Waals surface area (Å²) in [5.41, 5.74) is 0. The number of ether oxygens (including phenoxy) is 2. The summed E-state index contributed by atoms with van der Waals surface area (Å²) < 4.78 is 11.1. The smallest absolute Gasteiger partial charge is 0.0652 e. The molecule has 2 rings (SSSR count). The van der Waals surface area contributed by atoms with E-state index in [9.17, 15) is 5.11 Å². The van der Waals surface area contributed by atoms with Crippen molar-refractivity contribution in [3.8, 4) is 0 Å². The second-order valence-electron chi connectivity index (χ2n) is 6.00. The fourth-order valence-corrected chi connectivity index (χ4v) is 3.91. The van der Waals surface area contributed by atoms with E-state index in [1.54, 1.807) is 7.11 Å². The standard InChI is InChI=1S/C15H28O3/c1-17-12-8-9-13(14(16)10-12)15(18-2)11-6-4-3-5-7-11/h11-16H,3-10H2,1-2H3. The normalized spacial score (nSPS) is 36.5. The molecule has 2 saturated carbocycles. The second kappa shape index (κ2) is 6.88. The maximum Gasteiger partial charge on any atom is 0.0652 e. The molecule has 0 spiro atoms. The Labute approximate surface area is 111 Å². The first kappa shape index (κ1) is 14.3. The lowest BCUT2D eigenvalue weighted by Crippen LogP contribution is -2.44. The molecule has 0 radical (unpaired) electrons. The van der Waals surface area contributed by atoms with Gasteiger partial charge in [0, 0.05) is 20.1 Å². The van der Waals surface area contributed by atoms with Gasteiger partial charge >= 0.3 is 0 Å². The van der Waals surface area contributed by atoms with E-state index in [1.165, 1.54) is 32.1 Å². The Kier molecular flexibility index (Phi) is 5.46. The lowest BCUT2D eigenvalue weighted by Gasteiger charge is -2.41. The number of aliphatic hydroxyl groups is 1. The van der Waals surface area contributed by atoms with Crippen LogP contribution in [0.1, 0.15) is 51.4 Å². The molecule has 3 heteroatoms. The van der Waals surface area contributed by atoms with E-state index >= 15 is 0 Å². The van der Waals surface area contributed by atoms with Crippen LogP contribution in [-0.4, -0.2) is 37.6 Å². The lowest BCUT2D eigenvalue weighted by atomic mass is 9.73. The zero-order chi connectivity index (χ0) is 13.0. The summed E-state index contributed by atoms with van der Waals surface area (Å²) in [6.07, 6.45) is 9.67. The molecular weight excluding hydrogens is 228 g/mol. The number of aliphatic hydroxyl groups excluding tert-OH is 1. The molecule has 3 nitrogen and oxygen atoms in total. The van der Waals surface area contributed by atoms with Crippen LogP contribution in [-0.2, 0) is 9.47 Å². The molecule has 0 aromatic carbocycles. The molecule has 0 aromatic heterocycles. The summed E-state index contributed by atoms with van der Waals surface area (Å²) in [5, 5.41) is 10.3. The van der Waals surface area contributed by atoms with Crippen LogP contribution >= 0.6 is 0 Å². The van der Waals surface area contributed by atoms with Crippen molar-refractivity contribution in [2.24, 2.45) is 11.8 Å². The number of hydrogen-bond donors (Lipinski definition) is 1. The summed E-state index contributed by atoms with van der Waals surface area (Å²) in [6, 6.07) is 0. The Balaban J connectivity index is 1.94. The van der Waals surface area contributed by atoms with Crippen LogP contribution in [0, 0.1) is 11.8 Å². The molecule has 0 aliphatic heterocycles. The monoisotopic (exact) mass is 256 g/mol. The van der Waals surface area contributed by atoms with Gasteiger partial charge in [-0.25, -0.2) is 0 Å². The van der Waals surface area contributed by atoms with Crippen molar-refractivity contribution in [1.29, 1.82) is 0 Å². The first-order valence-corrected chi connectivity index (χ1v) is 7.50. The molecule has 2 fully saturated rings.